The molecule has 1 N–H and O–H groups in total. The molecule has 0 radical (unpaired) electrons. The van der Waals surface area contributed by atoms with Gasteiger partial charge in [-0.05, 0) is 70.0 Å². The number of rotatable bonds is 5. The molecule has 6 nitrogen and oxygen atoms in total. The number of ether oxygens (including phenoxy) is 1. The number of carbonyl (C=O) groups excluding carboxylic acids is 1. The van der Waals surface area contributed by atoms with E-state index in [1.165, 1.54) is 0 Å². The molecule has 2 aromatic heterocycles. The average Bonchev–Trinajstić information content (AvgIpc) is 3.27. The maximum atomic E-state index is 12.5. The highest BCUT2D eigenvalue weighted by Crippen LogP contribution is 2.34. The monoisotopic (exact) mass is 420 g/mol. The van der Waals surface area contributed by atoms with Gasteiger partial charge in [-0.1, -0.05) is 29.0 Å². The fourth-order valence-electron chi connectivity index (χ4n) is 3.44. The highest BCUT2D eigenvalue weighted by atomic mass is 32.1. The summed E-state index contributed by atoms with van der Waals surface area (Å²) in [5, 5.41) is 8.37. The van der Waals surface area contributed by atoms with Crippen LogP contribution >= 0.6 is 11.3 Å². The topological polar surface area (TPSA) is 69.0 Å². The lowest BCUT2D eigenvalue weighted by atomic mass is 10.1. The predicted octanol–water partition coefficient (Wildman–Crippen LogP) is 5.04. The second-order valence-corrected chi connectivity index (χ2v) is 8.50. The molecule has 2 aromatic carbocycles. The van der Waals surface area contributed by atoms with Gasteiger partial charge in [-0.2, -0.15) is 5.10 Å². The van der Waals surface area contributed by atoms with Gasteiger partial charge in [-0.25, -0.2) is 9.67 Å². The van der Waals surface area contributed by atoms with Gasteiger partial charge in [0.25, 0.3) is 5.91 Å². The molecular weight excluding hydrogens is 396 g/mol. The van der Waals surface area contributed by atoms with E-state index in [0.717, 1.165) is 49.1 Å². The Morgan fingerprint density at radius 1 is 1.10 bits per heavy atom. The summed E-state index contributed by atoms with van der Waals surface area (Å²) >= 11 is 1.57. The predicted molar refractivity (Wildman–Crippen MR) is 121 cm³/mol. The number of thiazole rings is 1. The van der Waals surface area contributed by atoms with Crippen molar-refractivity contribution in [2.75, 3.05) is 11.9 Å². The lowest BCUT2D eigenvalue weighted by Gasteiger charge is -2.13. The summed E-state index contributed by atoms with van der Waals surface area (Å²) in [7, 11) is 0. The number of carbonyl (C=O) groups is 1. The smallest absolute Gasteiger partial charge is 0.262 e. The molecule has 4 aromatic rings. The minimum atomic E-state index is -0.190. The number of hydrogen-bond donors (Lipinski definition) is 1. The van der Waals surface area contributed by atoms with Crippen molar-refractivity contribution < 1.29 is 9.53 Å². The molecule has 0 unspecified atom stereocenters. The van der Waals surface area contributed by atoms with Gasteiger partial charge in [0.2, 0.25) is 5.13 Å². The van der Waals surface area contributed by atoms with Crippen molar-refractivity contribution in [3.63, 3.8) is 0 Å². The molecule has 0 aliphatic rings. The first-order valence-electron chi connectivity index (χ1n) is 9.75. The van der Waals surface area contributed by atoms with Crippen LogP contribution in [0.25, 0.3) is 15.3 Å². The summed E-state index contributed by atoms with van der Waals surface area (Å²) in [6.45, 7) is 9.94. The molecule has 0 atom stereocenters. The summed E-state index contributed by atoms with van der Waals surface area (Å²) in [5.41, 5.74) is 6.84. The Kier molecular flexibility index (Phi) is 5.30. The van der Waals surface area contributed by atoms with Crippen LogP contribution in [0.3, 0.4) is 0 Å². The number of amides is 1. The Morgan fingerprint density at radius 2 is 1.83 bits per heavy atom. The van der Waals surface area contributed by atoms with Crippen LogP contribution in [0.2, 0.25) is 0 Å². The fourth-order valence-corrected chi connectivity index (χ4v) is 4.50. The number of nitrogens with zero attached hydrogens (tertiary/aromatic N) is 3. The van der Waals surface area contributed by atoms with E-state index in [-0.39, 0.29) is 12.5 Å². The zero-order chi connectivity index (χ0) is 21.4. The van der Waals surface area contributed by atoms with E-state index >= 15 is 0 Å². The van der Waals surface area contributed by atoms with Crippen LogP contribution < -0.4 is 10.1 Å². The highest BCUT2D eigenvalue weighted by Gasteiger charge is 2.16. The number of nitrogens with one attached hydrogen (secondary N) is 1. The Hall–Kier alpha value is -3.19. The zero-order valence-corrected chi connectivity index (χ0v) is 18.6. The standard InChI is InChI=1S/C23H24N4O2S/c1-13-6-8-18(9-7-13)29-12-20(28)25-21-14(2)10-19-22(17(21)5)30-23(24-19)27-16(4)11-15(3)26-27/h6-11H,12H2,1-5H3,(H,25,28). The van der Waals surface area contributed by atoms with Gasteiger partial charge in [0, 0.05) is 11.4 Å². The van der Waals surface area contributed by atoms with Crippen molar-refractivity contribution in [2.24, 2.45) is 0 Å². The SMILES string of the molecule is Cc1ccc(OCC(=O)Nc2c(C)cc3nc(-n4nc(C)cc4C)sc3c2C)cc1. The van der Waals surface area contributed by atoms with Crippen LogP contribution in [0.15, 0.2) is 36.4 Å². The fraction of sp³-hybridized carbons (Fsp3) is 0.261. The second-order valence-electron chi connectivity index (χ2n) is 7.53. The van der Waals surface area contributed by atoms with Crippen molar-refractivity contribution in [3.05, 3.63) is 64.5 Å². The first-order chi connectivity index (χ1) is 14.3. The summed E-state index contributed by atoms with van der Waals surface area (Å²) in [5.74, 6) is 0.487. The number of hydrogen-bond acceptors (Lipinski definition) is 5. The van der Waals surface area contributed by atoms with Gasteiger partial charge in [0.1, 0.15) is 5.75 Å². The summed E-state index contributed by atoms with van der Waals surface area (Å²) in [6, 6.07) is 11.7. The minimum Gasteiger partial charge on any atom is -0.484 e. The van der Waals surface area contributed by atoms with E-state index in [1.54, 1.807) is 11.3 Å². The number of aromatic nitrogens is 3. The van der Waals surface area contributed by atoms with E-state index in [0.29, 0.717) is 5.75 Å². The molecule has 154 valence electrons. The maximum Gasteiger partial charge on any atom is 0.262 e. The first-order valence-corrected chi connectivity index (χ1v) is 10.6. The van der Waals surface area contributed by atoms with Gasteiger partial charge in [-0.3, -0.25) is 4.79 Å². The summed E-state index contributed by atoms with van der Waals surface area (Å²) in [4.78, 5) is 17.3. The van der Waals surface area contributed by atoms with Gasteiger partial charge in [0.05, 0.1) is 15.9 Å². The first kappa shape index (κ1) is 20.1. The molecule has 0 aliphatic heterocycles. The molecule has 2 heterocycles. The van der Waals surface area contributed by atoms with Gasteiger partial charge >= 0.3 is 0 Å². The third-order valence-electron chi connectivity index (χ3n) is 4.95. The van der Waals surface area contributed by atoms with E-state index in [2.05, 4.69) is 10.4 Å². The molecule has 0 bridgehead atoms. The van der Waals surface area contributed by atoms with Crippen molar-refractivity contribution in [1.29, 1.82) is 0 Å². The lowest BCUT2D eigenvalue weighted by molar-refractivity contribution is -0.118. The van der Waals surface area contributed by atoms with E-state index in [1.807, 2.05) is 75.7 Å². The lowest BCUT2D eigenvalue weighted by Crippen LogP contribution is -2.21. The summed E-state index contributed by atoms with van der Waals surface area (Å²) < 4.78 is 8.51. The molecule has 4 rings (SSSR count). The molecule has 1 amide bonds. The van der Waals surface area contributed by atoms with Gasteiger partial charge in [-0.15, -0.1) is 0 Å². The van der Waals surface area contributed by atoms with Crippen molar-refractivity contribution in [1.82, 2.24) is 14.8 Å². The molecule has 0 saturated heterocycles. The van der Waals surface area contributed by atoms with Crippen LogP contribution in [0, 0.1) is 34.6 Å². The molecule has 0 saturated carbocycles. The van der Waals surface area contributed by atoms with Crippen LogP contribution in [-0.2, 0) is 4.79 Å². The second kappa shape index (κ2) is 7.91. The highest BCUT2D eigenvalue weighted by molar-refractivity contribution is 7.21. The Bertz CT molecular complexity index is 1240. The van der Waals surface area contributed by atoms with Gasteiger partial charge in [0.15, 0.2) is 6.61 Å². The molecule has 0 spiro atoms. The number of benzene rings is 2. The zero-order valence-electron chi connectivity index (χ0n) is 17.7. The number of aryl methyl sites for hydroxylation is 5. The number of fused-ring (bicyclic) bond motifs is 1. The van der Waals surface area contributed by atoms with E-state index in [4.69, 9.17) is 9.72 Å². The van der Waals surface area contributed by atoms with Crippen LogP contribution in [0.4, 0.5) is 5.69 Å². The maximum absolute atomic E-state index is 12.5. The van der Waals surface area contributed by atoms with Crippen molar-refractivity contribution >= 4 is 33.1 Å². The van der Waals surface area contributed by atoms with E-state index < -0.39 is 0 Å². The average molecular weight is 421 g/mol. The van der Waals surface area contributed by atoms with Gasteiger partial charge < -0.3 is 10.1 Å². The third-order valence-corrected chi connectivity index (χ3v) is 6.12. The minimum absolute atomic E-state index is 0.0420. The molecule has 7 heteroatoms. The molecular formula is C23H24N4O2S. The normalized spacial score (nSPS) is 11.1. The quantitative estimate of drug-likeness (QED) is 0.491. The van der Waals surface area contributed by atoms with Crippen LogP contribution in [0.1, 0.15) is 28.1 Å². The molecule has 30 heavy (non-hydrogen) atoms. The molecule has 0 aliphatic carbocycles. The number of anilines is 1. The van der Waals surface area contributed by atoms with Crippen molar-refractivity contribution in [2.45, 2.75) is 34.6 Å². The Labute approximate surface area is 179 Å². The van der Waals surface area contributed by atoms with E-state index in [9.17, 15) is 4.79 Å². The Morgan fingerprint density at radius 3 is 2.50 bits per heavy atom. The van der Waals surface area contributed by atoms with Crippen LogP contribution in [-0.4, -0.2) is 27.3 Å². The molecule has 0 fully saturated rings. The van der Waals surface area contributed by atoms with Crippen LogP contribution in [0.5, 0.6) is 5.75 Å². The van der Waals surface area contributed by atoms with Crippen molar-refractivity contribution in [3.8, 4) is 10.9 Å². The Balaban J connectivity index is 1.57. The summed E-state index contributed by atoms with van der Waals surface area (Å²) in [6.07, 6.45) is 0. The third kappa shape index (κ3) is 3.93. The largest absolute Gasteiger partial charge is 0.484 e.